The molecular weight excluding hydrogens is 150 g/mol. The Bertz CT molecular complexity index is 134. The Labute approximate surface area is 67.8 Å². The van der Waals surface area contributed by atoms with Crippen LogP contribution in [0.1, 0.15) is 20.3 Å². The Kier molecular flexibility index (Phi) is 3.33. The van der Waals surface area contributed by atoms with Gasteiger partial charge in [0.15, 0.2) is 0 Å². The van der Waals surface area contributed by atoms with E-state index < -0.39 is 0 Å². The van der Waals surface area contributed by atoms with Gasteiger partial charge in [-0.05, 0) is 0 Å². The quantitative estimate of drug-likeness (QED) is 0.577. The zero-order chi connectivity index (χ0) is 6.91. The highest BCUT2D eigenvalue weighted by molar-refractivity contribution is 5.85. The molecule has 1 fully saturated rings. The van der Waals surface area contributed by atoms with Crippen LogP contribution in [0.15, 0.2) is 0 Å². The first kappa shape index (κ1) is 9.92. The average molecular weight is 164 g/mol. The first-order valence-corrected chi connectivity index (χ1v) is 3.37. The number of halogens is 1. The molecular formula is C7H14ClNO. The molecule has 1 N–H and O–H groups in total. The van der Waals surface area contributed by atoms with E-state index in [0.717, 1.165) is 13.1 Å². The molecule has 0 spiro atoms. The first-order chi connectivity index (χ1) is 4.13. The predicted molar refractivity (Wildman–Crippen MR) is 43.5 cm³/mol. The Balaban J connectivity index is 0.000000810. The Hall–Kier alpha value is -0.0800. The topological polar surface area (TPSA) is 29.1 Å². The zero-order valence-electron chi connectivity index (χ0n) is 6.44. The molecule has 1 heterocycles. The van der Waals surface area contributed by atoms with E-state index in [4.69, 9.17) is 0 Å². The lowest BCUT2D eigenvalue weighted by Gasteiger charge is -2.27. The van der Waals surface area contributed by atoms with Gasteiger partial charge in [0.1, 0.15) is 5.78 Å². The summed E-state index contributed by atoms with van der Waals surface area (Å²) in [5.74, 6) is 0.390. The lowest BCUT2D eigenvalue weighted by Crippen LogP contribution is -2.43. The number of carbonyl (C=O) groups is 1. The molecule has 1 rings (SSSR count). The van der Waals surface area contributed by atoms with Gasteiger partial charge in [-0.2, -0.15) is 0 Å². The van der Waals surface area contributed by atoms with E-state index in [1.54, 1.807) is 0 Å². The predicted octanol–water partition coefficient (Wildman–Crippen LogP) is 0.997. The molecule has 0 unspecified atom stereocenters. The van der Waals surface area contributed by atoms with Gasteiger partial charge >= 0.3 is 0 Å². The molecule has 0 aromatic heterocycles. The van der Waals surface area contributed by atoms with E-state index in [9.17, 15) is 4.79 Å². The van der Waals surface area contributed by atoms with Crippen LogP contribution >= 0.6 is 12.4 Å². The van der Waals surface area contributed by atoms with Crippen LogP contribution in [0.3, 0.4) is 0 Å². The molecule has 10 heavy (non-hydrogen) atoms. The summed E-state index contributed by atoms with van der Waals surface area (Å²) in [6.07, 6.45) is 0.701. The molecule has 2 nitrogen and oxygen atoms in total. The molecule has 0 atom stereocenters. The summed E-state index contributed by atoms with van der Waals surface area (Å²) in [6, 6.07) is 0. The monoisotopic (exact) mass is 163 g/mol. The van der Waals surface area contributed by atoms with E-state index in [2.05, 4.69) is 5.32 Å². The number of rotatable bonds is 0. The van der Waals surface area contributed by atoms with Crippen molar-refractivity contribution in [2.75, 3.05) is 13.1 Å². The van der Waals surface area contributed by atoms with Crippen LogP contribution < -0.4 is 5.32 Å². The standard InChI is InChI=1S/C7H13NO.ClH/c1-7(2)5-8-4-3-6(7)9;/h8H,3-5H2,1-2H3;1H. The van der Waals surface area contributed by atoms with Crippen molar-refractivity contribution < 1.29 is 4.79 Å². The van der Waals surface area contributed by atoms with E-state index >= 15 is 0 Å². The number of hydrogen-bond acceptors (Lipinski definition) is 2. The van der Waals surface area contributed by atoms with Crippen molar-refractivity contribution in [3.63, 3.8) is 0 Å². The largest absolute Gasteiger partial charge is 0.315 e. The van der Waals surface area contributed by atoms with Gasteiger partial charge in [0.05, 0.1) is 0 Å². The van der Waals surface area contributed by atoms with Crippen LogP contribution in [0.2, 0.25) is 0 Å². The number of hydrogen-bond donors (Lipinski definition) is 1. The van der Waals surface area contributed by atoms with Crippen molar-refractivity contribution in [1.82, 2.24) is 5.32 Å². The average Bonchev–Trinajstić information content (AvgIpc) is 1.77. The second kappa shape index (κ2) is 3.35. The Morgan fingerprint density at radius 2 is 2.10 bits per heavy atom. The highest BCUT2D eigenvalue weighted by Crippen LogP contribution is 2.19. The first-order valence-electron chi connectivity index (χ1n) is 3.37. The molecule has 1 aliphatic heterocycles. The van der Waals surface area contributed by atoms with Gasteiger partial charge in [0.25, 0.3) is 0 Å². The lowest BCUT2D eigenvalue weighted by molar-refractivity contribution is -0.128. The second-order valence-electron chi connectivity index (χ2n) is 3.23. The van der Waals surface area contributed by atoms with E-state index in [1.165, 1.54) is 0 Å². The maximum atomic E-state index is 11.1. The summed E-state index contributed by atoms with van der Waals surface area (Å²) in [6.45, 7) is 5.68. The van der Waals surface area contributed by atoms with Crippen LogP contribution in [0, 0.1) is 5.41 Å². The van der Waals surface area contributed by atoms with E-state index in [1.807, 2.05) is 13.8 Å². The molecule has 3 heteroatoms. The molecule has 0 aromatic carbocycles. The smallest absolute Gasteiger partial charge is 0.141 e. The fourth-order valence-electron chi connectivity index (χ4n) is 1.04. The van der Waals surface area contributed by atoms with Crippen molar-refractivity contribution in [2.24, 2.45) is 5.41 Å². The van der Waals surface area contributed by atoms with Crippen molar-refractivity contribution in [2.45, 2.75) is 20.3 Å². The molecule has 0 radical (unpaired) electrons. The third-order valence-corrected chi connectivity index (χ3v) is 1.85. The number of Topliss-reactive ketones (excluding diaryl/α,β-unsaturated/α-hetero) is 1. The van der Waals surface area contributed by atoms with Crippen molar-refractivity contribution in [3.05, 3.63) is 0 Å². The van der Waals surface area contributed by atoms with Crippen molar-refractivity contribution in [1.29, 1.82) is 0 Å². The Morgan fingerprint density at radius 1 is 1.50 bits per heavy atom. The normalized spacial score (nSPS) is 23.6. The molecule has 0 aliphatic carbocycles. The summed E-state index contributed by atoms with van der Waals surface area (Å²) >= 11 is 0. The van der Waals surface area contributed by atoms with Crippen LogP contribution in [0.25, 0.3) is 0 Å². The van der Waals surface area contributed by atoms with E-state index in [0.29, 0.717) is 12.2 Å². The zero-order valence-corrected chi connectivity index (χ0v) is 7.25. The van der Waals surface area contributed by atoms with Crippen LogP contribution in [0.4, 0.5) is 0 Å². The fourth-order valence-corrected chi connectivity index (χ4v) is 1.04. The van der Waals surface area contributed by atoms with Crippen LogP contribution in [-0.4, -0.2) is 18.9 Å². The van der Waals surface area contributed by atoms with Crippen LogP contribution in [0.5, 0.6) is 0 Å². The van der Waals surface area contributed by atoms with Gasteiger partial charge < -0.3 is 5.32 Å². The summed E-state index contributed by atoms with van der Waals surface area (Å²) in [4.78, 5) is 11.1. The number of ketones is 1. The van der Waals surface area contributed by atoms with Gasteiger partial charge in [-0.3, -0.25) is 4.79 Å². The van der Waals surface area contributed by atoms with E-state index in [-0.39, 0.29) is 17.8 Å². The highest BCUT2D eigenvalue weighted by atomic mass is 35.5. The molecule has 0 aromatic rings. The molecule has 1 aliphatic rings. The minimum atomic E-state index is -0.113. The highest BCUT2D eigenvalue weighted by Gasteiger charge is 2.29. The van der Waals surface area contributed by atoms with Gasteiger partial charge in [-0.1, -0.05) is 13.8 Å². The third kappa shape index (κ3) is 1.96. The maximum Gasteiger partial charge on any atom is 0.141 e. The Morgan fingerprint density at radius 3 is 2.40 bits per heavy atom. The molecule has 60 valence electrons. The van der Waals surface area contributed by atoms with Crippen LogP contribution in [-0.2, 0) is 4.79 Å². The SMILES string of the molecule is CC1(C)CNCCC1=O.Cl. The molecule has 0 saturated carbocycles. The van der Waals surface area contributed by atoms with Crippen molar-refractivity contribution in [3.8, 4) is 0 Å². The summed E-state index contributed by atoms with van der Waals surface area (Å²) in [5, 5.41) is 3.18. The molecule has 0 bridgehead atoms. The fraction of sp³-hybridized carbons (Fsp3) is 0.857. The van der Waals surface area contributed by atoms with Gasteiger partial charge in [0.2, 0.25) is 0 Å². The number of piperidine rings is 1. The molecule has 0 amide bonds. The minimum absolute atomic E-state index is 0. The van der Waals surface area contributed by atoms with Gasteiger partial charge in [-0.25, -0.2) is 0 Å². The van der Waals surface area contributed by atoms with Crippen molar-refractivity contribution >= 4 is 18.2 Å². The molecule has 1 saturated heterocycles. The maximum absolute atomic E-state index is 11.1. The summed E-state index contributed by atoms with van der Waals surface area (Å²) < 4.78 is 0. The third-order valence-electron chi connectivity index (χ3n) is 1.85. The summed E-state index contributed by atoms with van der Waals surface area (Å²) in [7, 11) is 0. The van der Waals surface area contributed by atoms with Gasteiger partial charge in [-0.15, -0.1) is 12.4 Å². The second-order valence-corrected chi connectivity index (χ2v) is 3.23. The minimum Gasteiger partial charge on any atom is -0.315 e. The van der Waals surface area contributed by atoms with Gasteiger partial charge in [0, 0.05) is 24.9 Å². The lowest BCUT2D eigenvalue weighted by atomic mass is 9.84. The summed E-state index contributed by atoms with van der Waals surface area (Å²) in [5.41, 5.74) is -0.113. The number of carbonyl (C=O) groups excluding carboxylic acids is 1. The number of nitrogens with one attached hydrogen (secondary N) is 1.